The number of nitrogens with one attached hydrogen (secondary N) is 2. The summed E-state index contributed by atoms with van der Waals surface area (Å²) in [4.78, 5) is 29.0. The van der Waals surface area contributed by atoms with Crippen LogP contribution in [0.4, 0.5) is 5.69 Å². The number of carbonyl (C=O) groups excluding carboxylic acids is 2. The summed E-state index contributed by atoms with van der Waals surface area (Å²) in [6, 6.07) is 14.7. The van der Waals surface area contributed by atoms with Gasteiger partial charge in [0.2, 0.25) is 11.8 Å². The highest BCUT2D eigenvalue weighted by molar-refractivity contribution is 7.99. The van der Waals surface area contributed by atoms with Crippen molar-refractivity contribution in [3.8, 4) is 0 Å². The third-order valence-electron chi connectivity index (χ3n) is 4.40. The van der Waals surface area contributed by atoms with E-state index in [1.165, 1.54) is 18.0 Å². The first-order valence-electron chi connectivity index (χ1n) is 9.60. The second kappa shape index (κ2) is 11.0. The van der Waals surface area contributed by atoms with Crippen molar-refractivity contribution in [3.05, 3.63) is 76.6 Å². The molecule has 7 nitrogen and oxygen atoms in total. The smallest absolute Gasteiger partial charge is 0.240 e. The van der Waals surface area contributed by atoms with Crippen LogP contribution in [0.25, 0.3) is 0 Å². The fraction of sp³-hybridized carbons (Fsp3) is 0.227. The van der Waals surface area contributed by atoms with Gasteiger partial charge in [-0.2, -0.15) is 0 Å². The number of aliphatic hydroxyl groups excluding tert-OH is 1. The Morgan fingerprint density at radius 2 is 1.94 bits per heavy atom. The average molecular weight is 459 g/mol. The molecule has 0 aliphatic carbocycles. The molecule has 0 saturated carbocycles. The van der Waals surface area contributed by atoms with Crippen LogP contribution in [0.3, 0.4) is 0 Å². The van der Waals surface area contributed by atoms with Crippen LogP contribution in [0, 0.1) is 6.92 Å². The van der Waals surface area contributed by atoms with Gasteiger partial charge >= 0.3 is 0 Å². The third-order valence-corrected chi connectivity index (χ3v) is 5.64. The van der Waals surface area contributed by atoms with Crippen LogP contribution in [0.1, 0.15) is 16.8 Å². The number of aliphatic hydroxyl groups is 1. The summed E-state index contributed by atoms with van der Waals surface area (Å²) in [5.74, 6) is -0.279. The second-order valence-corrected chi connectivity index (χ2v) is 8.26. The van der Waals surface area contributed by atoms with Gasteiger partial charge in [0.25, 0.3) is 0 Å². The number of halogens is 1. The molecule has 3 aromatic rings. The first kappa shape index (κ1) is 22.9. The van der Waals surface area contributed by atoms with E-state index in [9.17, 15) is 14.7 Å². The van der Waals surface area contributed by atoms with Gasteiger partial charge in [-0.15, -0.1) is 0 Å². The first-order chi connectivity index (χ1) is 14.9. The summed E-state index contributed by atoms with van der Waals surface area (Å²) in [5, 5.41) is 16.4. The number of hydrogen-bond donors (Lipinski definition) is 3. The van der Waals surface area contributed by atoms with E-state index in [-0.39, 0.29) is 30.7 Å². The molecular formula is C22H23ClN4O3S. The molecule has 31 heavy (non-hydrogen) atoms. The summed E-state index contributed by atoms with van der Waals surface area (Å²) in [5.41, 5.74) is 3.21. The minimum Gasteiger partial charge on any atom is -0.390 e. The van der Waals surface area contributed by atoms with Crippen LogP contribution in [0.15, 0.2) is 59.9 Å². The van der Waals surface area contributed by atoms with Crippen molar-refractivity contribution in [3.63, 3.8) is 0 Å². The van der Waals surface area contributed by atoms with Crippen LogP contribution >= 0.6 is 23.4 Å². The second-order valence-electron chi connectivity index (χ2n) is 6.89. The minimum absolute atomic E-state index is 0.00862. The van der Waals surface area contributed by atoms with Gasteiger partial charge in [0.05, 0.1) is 24.3 Å². The van der Waals surface area contributed by atoms with Crippen molar-refractivity contribution >= 4 is 40.9 Å². The number of amides is 2. The zero-order valence-electron chi connectivity index (χ0n) is 17.0. The molecule has 3 rings (SSSR count). The lowest BCUT2D eigenvalue weighted by atomic mass is 10.2. The Kier molecular flexibility index (Phi) is 8.11. The highest BCUT2D eigenvalue weighted by Crippen LogP contribution is 2.20. The molecule has 0 atom stereocenters. The lowest BCUT2D eigenvalue weighted by Crippen LogP contribution is -2.28. The van der Waals surface area contributed by atoms with Crippen LogP contribution in [-0.4, -0.2) is 32.2 Å². The van der Waals surface area contributed by atoms with Crippen LogP contribution in [-0.2, 0) is 29.3 Å². The molecule has 162 valence electrons. The fourth-order valence-electron chi connectivity index (χ4n) is 2.85. The average Bonchev–Trinajstić information content (AvgIpc) is 3.13. The van der Waals surface area contributed by atoms with Gasteiger partial charge in [-0.25, -0.2) is 4.98 Å². The minimum atomic E-state index is -0.256. The molecule has 0 aliphatic rings. The number of nitrogens with zero attached hydrogens (tertiary/aromatic N) is 2. The van der Waals surface area contributed by atoms with Crippen molar-refractivity contribution in [2.75, 3.05) is 11.1 Å². The highest BCUT2D eigenvalue weighted by atomic mass is 35.5. The topological polar surface area (TPSA) is 96.2 Å². The van der Waals surface area contributed by atoms with Crippen molar-refractivity contribution in [2.24, 2.45) is 0 Å². The standard InChI is InChI=1S/C22H23ClN4O3S/c1-15-3-2-4-18(9-15)26-21(30)14-31-22-25-11-19(13-28)27(22)12-20(29)24-10-16-5-7-17(23)8-6-16/h2-9,11,28H,10,12-14H2,1H3,(H,24,29)(H,26,30). The molecule has 0 spiro atoms. The van der Waals surface area contributed by atoms with E-state index >= 15 is 0 Å². The summed E-state index contributed by atoms with van der Waals surface area (Å²) >= 11 is 7.08. The molecule has 2 amide bonds. The number of aryl methyl sites for hydroxylation is 1. The van der Waals surface area contributed by atoms with Gasteiger partial charge in [-0.3, -0.25) is 9.59 Å². The first-order valence-corrected chi connectivity index (χ1v) is 11.0. The largest absolute Gasteiger partial charge is 0.390 e. The van der Waals surface area contributed by atoms with Crippen molar-refractivity contribution in [1.82, 2.24) is 14.9 Å². The fourth-order valence-corrected chi connectivity index (χ4v) is 3.78. The maximum absolute atomic E-state index is 12.4. The number of thioether (sulfide) groups is 1. The Bertz CT molecular complexity index is 1050. The molecule has 3 N–H and O–H groups in total. The van der Waals surface area contributed by atoms with E-state index in [2.05, 4.69) is 15.6 Å². The lowest BCUT2D eigenvalue weighted by Gasteiger charge is -2.11. The normalized spacial score (nSPS) is 10.7. The number of benzene rings is 2. The van der Waals surface area contributed by atoms with Gasteiger partial charge in [0, 0.05) is 17.3 Å². The number of aromatic nitrogens is 2. The van der Waals surface area contributed by atoms with Crippen molar-refractivity contribution < 1.29 is 14.7 Å². The number of imidazole rings is 1. The molecule has 0 saturated heterocycles. The lowest BCUT2D eigenvalue weighted by molar-refractivity contribution is -0.122. The number of hydrogen-bond acceptors (Lipinski definition) is 5. The summed E-state index contributed by atoms with van der Waals surface area (Å²) in [7, 11) is 0. The Balaban J connectivity index is 1.57. The van der Waals surface area contributed by atoms with E-state index in [4.69, 9.17) is 11.6 Å². The third kappa shape index (κ3) is 6.85. The highest BCUT2D eigenvalue weighted by Gasteiger charge is 2.15. The van der Waals surface area contributed by atoms with Crippen LogP contribution in [0.2, 0.25) is 5.02 Å². The molecule has 1 aromatic heterocycles. The Morgan fingerprint density at radius 1 is 1.16 bits per heavy atom. The monoisotopic (exact) mass is 458 g/mol. The zero-order valence-corrected chi connectivity index (χ0v) is 18.5. The predicted molar refractivity (Wildman–Crippen MR) is 122 cm³/mol. The van der Waals surface area contributed by atoms with Gasteiger partial charge < -0.3 is 20.3 Å². The maximum Gasteiger partial charge on any atom is 0.240 e. The Hall–Kier alpha value is -2.81. The molecular weight excluding hydrogens is 436 g/mol. The predicted octanol–water partition coefficient (Wildman–Crippen LogP) is 3.38. The van der Waals surface area contributed by atoms with Crippen LogP contribution < -0.4 is 10.6 Å². The van der Waals surface area contributed by atoms with Crippen molar-refractivity contribution in [1.29, 1.82) is 0 Å². The maximum atomic E-state index is 12.4. The van der Waals surface area contributed by atoms with E-state index in [0.29, 0.717) is 22.4 Å². The van der Waals surface area contributed by atoms with Gasteiger partial charge in [-0.05, 0) is 42.3 Å². The summed E-state index contributed by atoms with van der Waals surface area (Å²) in [6.45, 7) is 2.05. The summed E-state index contributed by atoms with van der Waals surface area (Å²) in [6.07, 6.45) is 1.51. The molecule has 1 heterocycles. The molecule has 0 aliphatic heterocycles. The SMILES string of the molecule is Cc1cccc(NC(=O)CSc2ncc(CO)n2CC(=O)NCc2ccc(Cl)cc2)c1. The zero-order chi connectivity index (χ0) is 22.2. The molecule has 0 radical (unpaired) electrons. The van der Waals surface area contributed by atoms with Gasteiger partial charge in [0.1, 0.15) is 6.54 Å². The van der Waals surface area contributed by atoms with E-state index in [1.807, 2.05) is 43.3 Å². The summed E-state index contributed by atoms with van der Waals surface area (Å²) < 4.78 is 1.61. The molecule has 0 unspecified atom stereocenters. The van der Waals surface area contributed by atoms with Crippen LogP contribution in [0.5, 0.6) is 0 Å². The molecule has 9 heteroatoms. The van der Waals surface area contributed by atoms with Gasteiger partial charge in [0.15, 0.2) is 5.16 Å². The van der Waals surface area contributed by atoms with E-state index < -0.39 is 0 Å². The number of anilines is 1. The van der Waals surface area contributed by atoms with Gasteiger partial charge in [-0.1, -0.05) is 47.6 Å². The Morgan fingerprint density at radius 3 is 2.65 bits per heavy atom. The molecule has 0 fully saturated rings. The molecule has 2 aromatic carbocycles. The van der Waals surface area contributed by atoms with E-state index in [0.717, 1.165) is 16.8 Å². The van der Waals surface area contributed by atoms with E-state index in [1.54, 1.807) is 16.7 Å². The number of carbonyl (C=O) groups is 2. The Labute approximate surface area is 189 Å². The number of rotatable bonds is 9. The van der Waals surface area contributed by atoms with Crippen molar-refractivity contribution in [2.45, 2.75) is 31.8 Å². The molecule has 0 bridgehead atoms. The quantitative estimate of drug-likeness (QED) is 0.427.